The molecule has 1 aromatic carbocycles. The molecule has 0 aliphatic carbocycles. The van der Waals surface area contributed by atoms with Gasteiger partial charge in [-0.05, 0) is 28.1 Å². The van der Waals surface area contributed by atoms with Gasteiger partial charge in [-0.3, -0.25) is 4.57 Å². The van der Waals surface area contributed by atoms with Crippen LogP contribution in [0.4, 0.5) is 5.82 Å². The van der Waals surface area contributed by atoms with Crippen molar-refractivity contribution in [2.75, 3.05) is 0 Å². The van der Waals surface area contributed by atoms with E-state index in [1.165, 1.54) is 17.1 Å². The lowest BCUT2D eigenvalue weighted by Gasteiger charge is -2.01. The summed E-state index contributed by atoms with van der Waals surface area (Å²) in [6, 6.07) is 4.92. The Kier molecular flexibility index (Phi) is 2.80. The molecule has 0 spiro atoms. The summed E-state index contributed by atoms with van der Waals surface area (Å²) in [6.07, 6.45) is 2.65. The lowest BCUT2D eigenvalue weighted by Crippen LogP contribution is -1.90. The van der Waals surface area contributed by atoms with Crippen LogP contribution in [0.5, 0.6) is 0 Å². The Morgan fingerprint density at radius 3 is 2.62 bits per heavy atom. The Labute approximate surface area is 100 Å². The Bertz CT molecular complexity index is 553. The van der Waals surface area contributed by atoms with Crippen LogP contribution in [0, 0.1) is 10.1 Å². The van der Waals surface area contributed by atoms with Gasteiger partial charge in [0.15, 0.2) is 0 Å². The maximum atomic E-state index is 10.4. The van der Waals surface area contributed by atoms with E-state index >= 15 is 0 Å². The van der Waals surface area contributed by atoms with Gasteiger partial charge in [0.05, 0.1) is 15.7 Å². The van der Waals surface area contributed by atoms with E-state index in [1.54, 1.807) is 18.2 Å². The van der Waals surface area contributed by atoms with E-state index in [4.69, 9.17) is 23.2 Å². The van der Waals surface area contributed by atoms with Crippen molar-refractivity contribution in [3.63, 3.8) is 0 Å². The molecular formula is C9H5Cl2N3O2. The fourth-order valence-electron chi connectivity index (χ4n) is 1.19. The SMILES string of the molecule is O=[N+]([O-])c1cn(-c2ccc(Cl)c(Cl)c2)cn1. The van der Waals surface area contributed by atoms with E-state index < -0.39 is 4.92 Å². The van der Waals surface area contributed by atoms with E-state index in [2.05, 4.69) is 4.98 Å². The molecule has 1 aromatic heterocycles. The second-order valence-electron chi connectivity index (χ2n) is 2.99. The minimum Gasteiger partial charge on any atom is -0.358 e. The van der Waals surface area contributed by atoms with Crippen molar-refractivity contribution < 1.29 is 4.92 Å². The predicted molar refractivity (Wildman–Crippen MR) is 60.2 cm³/mol. The molecule has 82 valence electrons. The van der Waals surface area contributed by atoms with Gasteiger partial charge in [-0.25, -0.2) is 0 Å². The molecule has 5 nitrogen and oxygen atoms in total. The molecule has 0 radical (unpaired) electrons. The molecule has 0 aliphatic rings. The second-order valence-corrected chi connectivity index (χ2v) is 3.81. The van der Waals surface area contributed by atoms with Crippen LogP contribution in [0.25, 0.3) is 5.69 Å². The van der Waals surface area contributed by atoms with Crippen LogP contribution < -0.4 is 0 Å². The minimum atomic E-state index is -0.561. The van der Waals surface area contributed by atoms with Crippen molar-refractivity contribution in [3.05, 3.63) is 50.9 Å². The molecule has 0 amide bonds. The van der Waals surface area contributed by atoms with E-state index in [9.17, 15) is 10.1 Å². The number of halogens is 2. The van der Waals surface area contributed by atoms with Gasteiger partial charge < -0.3 is 10.1 Å². The van der Waals surface area contributed by atoms with E-state index in [-0.39, 0.29) is 5.82 Å². The summed E-state index contributed by atoms with van der Waals surface area (Å²) in [7, 11) is 0. The van der Waals surface area contributed by atoms with Crippen molar-refractivity contribution in [2.24, 2.45) is 0 Å². The third kappa shape index (κ3) is 2.00. The lowest BCUT2D eigenvalue weighted by molar-refractivity contribution is -0.389. The number of hydrogen-bond acceptors (Lipinski definition) is 3. The summed E-state index contributed by atoms with van der Waals surface area (Å²) in [5, 5.41) is 11.3. The molecule has 0 atom stereocenters. The average Bonchev–Trinajstić information content (AvgIpc) is 2.71. The molecular weight excluding hydrogens is 253 g/mol. The maximum Gasteiger partial charge on any atom is 0.381 e. The largest absolute Gasteiger partial charge is 0.381 e. The Morgan fingerprint density at radius 2 is 2.06 bits per heavy atom. The van der Waals surface area contributed by atoms with Crippen LogP contribution in [-0.2, 0) is 0 Å². The number of hydrogen-bond donors (Lipinski definition) is 0. The van der Waals surface area contributed by atoms with Crippen LogP contribution in [0.1, 0.15) is 0 Å². The van der Waals surface area contributed by atoms with Crippen molar-refractivity contribution in [1.82, 2.24) is 9.55 Å². The molecule has 0 saturated carbocycles. The van der Waals surface area contributed by atoms with E-state index in [1.807, 2.05) is 0 Å². The van der Waals surface area contributed by atoms with Crippen molar-refractivity contribution in [2.45, 2.75) is 0 Å². The number of nitro groups is 1. The summed E-state index contributed by atoms with van der Waals surface area (Å²) in [5.74, 6) is -0.217. The maximum absolute atomic E-state index is 10.4. The molecule has 2 aromatic rings. The van der Waals surface area contributed by atoms with Gasteiger partial charge in [-0.1, -0.05) is 23.2 Å². The zero-order valence-electron chi connectivity index (χ0n) is 7.80. The molecule has 0 saturated heterocycles. The molecule has 0 unspecified atom stereocenters. The standard InChI is InChI=1S/C9H5Cl2N3O2/c10-7-2-1-6(3-8(7)11)13-4-9(12-5-13)14(15)16/h1-5H. The zero-order chi connectivity index (χ0) is 11.7. The third-order valence-electron chi connectivity index (χ3n) is 1.96. The van der Waals surface area contributed by atoms with E-state index in [0.717, 1.165) is 0 Å². The summed E-state index contributed by atoms with van der Waals surface area (Å²) in [5.41, 5.74) is 0.662. The molecule has 0 fully saturated rings. The van der Waals surface area contributed by atoms with Crippen LogP contribution in [0.3, 0.4) is 0 Å². The Morgan fingerprint density at radius 1 is 1.31 bits per heavy atom. The topological polar surface area (TPSA) is 61.0 Å². The Balaban J connectivity index is 2.42. The molecule has 2 rings (SSSR count). The van der Waals surface area contributed by atoms with Gasteiger partial charge in [-0.15, -0.1) is 0 Å². The van der Waals surface area contributed by atoms with Gasteiger partial charge in [0.2, 0.25) is 6.33 Å². The molecule has 0 aliphatic heterocycles. The highest BCUT2D eigenvalue weighted by atomic mass is 35.5. The minimum absolute atomic E-state index is 0.217. The van der Waals surface area contributed by atoms with Gasteiger partial charge in [-0.2, -0.15) is 0 Å². The summed E-state index contributed by atoms with van der Waals surface area (Å²) in [4.78, 5) is 13.5. The van der Waals surface area contributed by atoms with Crippen molar-refractivity contribution in [3.8, 4) is 5.69 Å². The molecule has 0 N–H and O–H groups in total. The monoisotopic (exact) mass is 257 g/mol. The molecule has 7 heteroatoms. The van der Waals surface area contributed by atoms with Crippen molar-refractivity contribution >= 4 is 29.0 Å². The van der Waals surface area contributed by atoms with Gasteiger partial charge in [0, 0.05) is 0 Å². The first-order chi connectivity index (χ1) is 7.58. The normalized spacial score (nSPS) is 10.4. The average molecular weight is 258 g/mol. The predicted octanol–water partition coefficient (Wildman–Crippen LogP) is 3.09. The highest BCUT2D eigenvalue weighted by Crippen LogP contribution is 2.24. The summed E-state index contributed by atoms with van der Waals surface area (Å²) >= 11 is 11.6. The third-order valence-corrected chi connectivity index (χ3v) is 2.70. The summed E-state index contributed by atoms with van der Waals surface area (Å²) in [6.45, 7) is 0. The van der Waals surface area contributed by atoms with E-state index in [0.29, 0.717) is 15.7 Å². The fourth-order valence-corrected chi connectivity index (χ4v) is 1.49. The number of aromatic nitrogens is 2. The van der Waals surface area contributed by atoms with Crippen LogP contribution in [0.2, 0.25) is 10.0 Å². The number of benzene rings is 1. The quantitative estimate of drug-likeness (QED) is 0.614. The smallest absolute Gasteiger partial charge is 0.358 e. The fraction of sp³-hybridized carbons (Fsp3) is 0. The van der Waals surface area contributed by atoms with Gasteiger partial charge in [0.1, 0.15) is 6.20 Å². The van der Waals surface area contributed by atoms with Crippen LogP contribution in [0.15, 0.2) is 30.7 Å². The first-order valence-electron chi connectivity index (χ1n) is 4.22. The highest BCUT2D eigenvalue weighted by molar-refractivity contribution is 6.42. The molecule has 16 heavy (non-hydrogen) atoms. The number of nitrogens with zero attached hydrogens (tertiary/aromatic N) is 3. The van der Waals surface area contributed by atoms with Crippen LogP contribution in [-0.4, -0.2) is 14.5 Å². The molecule has 0 bridgehead atoms. The van der Waals surface area contributed by atoms with Gasteiger partial charge in [0.25, 0.3) is 0 Å². The number of imidazole rings is 1. The van der Waals surface area contributed by atoms with Crippen LogP contribution >= 0.6 is 23.2 Å². The van der Waals surface area contributed by atoms with Gasteiger partial charge >= 0.3 is 5.82 Å². The molecule has 1 heterocycles. The second kappa shape index (κ2) is 4.11. The highest BCUT2D eigenvalue weighted by Gasteiger charge is 2.11. The first kappa shape index (κ1) is 10.9. The zero-order valence-corrected chi connectivity index (χ0v) is 9.31. The first-order valence-corrected chi connectivity index (χ1v) is 4.97. The van der Waals surface area contributed by atoms with Crippen molar-refractivity contribution in [1.29, 1.82) is 0 Å². The lowest BCUT2D eigenvalue weighted by atomic mass is 10.3. The number of rotatable bonds is 2. The summed E-state index contributed by atoms with van der Waals surface area (Å²) < 4.78 is 1.50. The Hall–Kier alpha value is -1.59.